The number of benzene rings is 1. The molecule has 0 bridgehead atoms. The van der Waals surface area contributed by atoms with E-state index in [9.17, 15) is 9.59 Å². The van der Waals surface area contributed by atoms with Crippen molar-refractivity contribution in [2.24, 2.45) is 5.41 Å². The summed E-state index contributed by atoms with van der Waals surface area (Å²) in [5.41, 5.74) is 2.43. The van der Waals surface area contributed by atoms with Gasteiger partial charge in [-0.2, -0.15) is 0 Å². The summed E-state index contributed by atoms with van der Waals surface area (Å²) in [5, 5.41) is 4.08. The molecule has 4 nitrogen and oxygen atoms in total. The van der Waals surface area contributed by atoms with Crippen LogP contribution in [0.1, 0.15) is 44.6 Å². The SMILES string of the molecule is CN(C)N1C(=O)CC(c2cccc(Cl)c2)C2=C1CC(C)(C)CC2=O. The number of hydrogen-bond donors (Lipinski definition) is 0. The second-order valence-electron chi connectivity index (χ2n) is 7.67. The van der Waals surface area contributed by atoms with Gasteiger partial charge in [0.15, 0.2) is 5.78 Å². The Morgan fingerprint density at radius 1 is 1.21 bits per heavy atom. The maximum atomic E-state index is 12.9. The van der Waals surface area contributed by atoms with E-state index in [0.717, 1.165) is 23.3 Å². The molecular weight excluding hydrogens is 324 g/mol. The molecule has 128 valence electrons. The lowest BCUT2D eigenvalue weighted by Gasteiger charge is -2.44. The average Bonchev–Trinajstić information content (AvgIpc) is 2.44. The van der Waals surface area contributed by atoms with Gasteiger partial charge < -0.3 is 0 Å². The quantitative estimate of drug-likeness (QED) is 0.818. The minimum absolute atomic E-state index is 0.0224. The van der Waals surface area contributed by atoms with Crippen LogP contribution in [0.5, 0.6) is 0 Å². The Bertz CT molecular complexity index is 737. The van der Waals surface area contributed by atoms with E-state index in [4.69, 9.17) is 11.6 Å². The molecular formula is C19H23ClN2O2. The molecule has 0 saturated heterocycles. The molecule has 1 aromatic carbocycles. The van der Waals surface area contributed by atoms with Crippen molar-refractivity contribution in [1.29, 1.82) is 0 Å². The van der Waals surface area contributed by atoms with Crippen LogP contribution in [0.3, 0.4) is 0 Å². The van der Waals surface area contributed by atoms with Gasteiger partial charge >= 0.3 is 0 Å². The first kappa shape index (κ1) is 17.2. The molecule has 0 aromatic heterocycles. The number of hydrogen-bond acceptors (Lipinski definition) is 3. The van der Waals surface area contributed by atoms with Crippen molar-refractivity contribution in [2.75, 3.05) is 14.1 Å². The smallest absolute Gasteiger partial charge is 0.242 e. The van der Waals surface area contributed by atoms with Crippen molar-refractivity contribution < 1.29 is 9.59 Å². The van der Waals surface area contributed by atoms with Crippen molar-refractivity contribution in [2.45, 2.75) is 39.0 Å². The number of allylic oxidation sites excluding steroid dienone is 2. The minimum atomic E-state index is -0.203. The van der Waals surface area contributed by atoms with Crippen LogP contribution in [-0.2, 0) is 9.59 Å². The highest BCUT2D eigenvalue weighted by atomic mass is 35.5. The van der Waals surface area contributed by atoms with Crippen molar-refractivity contribution in [1.82, 2.24) is 10.0 Å². The highest BCUT2D eigenvalue weighted by Crippen LogP contribution is 2.47. The van der Waals surface area contributed by atoms with Crippen molar-refractivity contribution in [3.63, 3.8) is 0 Å². The van der Waals surface area contributed by atoms with Crippen LogP contribution in [0.4, 0.5) is 0 Å². The first-order valence-electron chi connectivity index (χ1n) is 8.21. The summed E-state index contributed by atoms with van der Waals surface area (Å²) >= 11 is 6.13. The van der Waals surface area contributed by atoms with Gasteiger partial charge in [0.05, 0.1) is 0 Å². The second kappa shape index (κ2) is 6.01. The fourth-order valence-electron chi connectivity index (χ4n) is 3.87. The van der Waals surface area contributed by atoms with E-state index in [-0.39, 0.29) is 23.0 Å². The third-order valence-corrected chi connectivity index (χ3v) is 5.00. The zero-order chi connectivity index (χ0) is 17.6. The summed E-state index contributed by atoms with van der Waals surface area (Å²) in [4.78, 5) is 25.7. The molecule has 1 heterocycles. The van der Waals surface area contributed by atoms with Crippen LogP contribution in [0, 0.1) is 5.41 Å². The van der Waals surface area contributed by atoms with Crippen molar-refractivity contribution >= 4 is 23.3 Å². The zero-order valence-corrected chi connectivity index (χ0v) is 15.4. The summed E-state index contributed by atoms with van der Waals surface area (Å²) in [7, 11) is 3.68. The van der Waals surface area contributed by atoms with Gasteiger partial charge in [0.25, 0.3) is 0 Å². The predicted molar refractivity (Wildman–Crippen MR) is 94.4 cm³/mol. The fraction of sp³-hybridized carbons (Fsp3) is 0.474. The number of amides is 1. The Morgan fingerprint density at radius 2 is 1.92 bits per heavy atom. The number of ketones is 1. The average molecular weight is 347 g/mol. The van der Waals surface area contributed by atoms with E-state index in [0.29, 0.717) is 17.9 Å². The van der Waals surface area contributed by atoms with Crippen LogP contribution < -0.4 is 0 Å². The first-order chi connectivity index (χ1) is 11.2. The molecule has 3 rings (SSSR count). The number of carbonyl (C=O) groups is 2. The van der Waals surface area contributed by atoms with E-state index >= 15 is 0 Å². The number of Topliss-reactive ketones (excluding diaryl/α,β-unsaturated/α-hetero) is 1. The zero-order valence-electron chi connectivity index (χ0n) is 14.6. The van der Waals surface area contributed by atoms with E-state index < -0.39 is 0 Å². The molecule has 1 unspecified atom stereocenters. The summed E-state index contributed by atoms with van der Waals surface area (Å²) < 4.78 is 0. The highest BCUT2D eigenvalue weighted by molar-refractivity contribution is 6.30. The van der Waals surface area contributed by atoms with Crippen molar-refractivity contribution in [3.05, 3.63) is 46.1 Å². The Balaban J connectivity index is 2.17. The molecule has 1 aliphatic carbocycles. The highest BCUT2D eigenvalue weighted by Gasteiger charge is 2.44. The Labute approximate surface area is 148 Å². The van der Waals surface area contributed by atoms with E-state index in [2.05, 4.69) is 13.8 Å². The number of carbonyl (C=O) groups excluding carboxylic acids is 2. The third-order valence-electron chi connectivity index (χ3n) is 4.77. The van der Waals surface area contributed by atoms with E-state index in [1.165, 1.54) is 0 Å². The van der Waals surface area contributed by atoms with Gasteiger partial charge in [0.2, 0.25) is 5.91 Å². The monoisotopic (exact) mass is 346 g/mol. The van der Waals surface area contributed by atoms with Gasteiger partial charge in [-0.3, -0.25) is 9.59 Å². The summed E-state index contributed by atoms with van der Waals surface area (Å²) in [5.74, 6) is -0.0363. The summed E-state index contributed by atoms with van der Waals surface area (Å²) in [6.07, 6.45) is 1.52. The standard InChI is InChI=1S/C19H23ClN2O2/c1-19(2)10-15-18(16(23)11-19)14(9-17(24)22(15)21(3)4)12-6-5-7-13(20)8-12/h5-8,14H,9-11H2,1-4H3. The Morgan fingerprint density at radius 3 is 2.54 bits per heavy atom. The lowest BCUT2D eigenvalue weighted by molar-refractivity contribution is -0.143. The second-order valence-corrected chi connectivity index (χ2v) is 8.10. The molecule has 0 saturated carbocycles. The van der Waals surface area contributed by atoms with Gasteiger partial charge in [0.1, 0.15) is 0 Å². The third kappa shape index (κ3) is 3.01. The number of rotatable bonds is 2. The molecule has 5 heteroatoms. The van der Waals surface area contributed by atoms with Gasteiger partial charge in [-0.25, -0.2) is 10.0 Å². The van der Waals surface area contributed by atoms with E-state index in [1.807, 2.05) is 38.4 Å². The molecule has 1 atom stereocenters. The Kier molecular flexibility index (Phi) is 4.30. The summed E-state index contributed by atoms with van der Waals surface area (Å²) in [6, 6.07) is 7.50. The number of hydrazine groups is 1. The number of nitrogens with zero attached hydrogens (tertiary/aromatic N) is 2. The molecule has 0 radical (unpaired) electrons. The normalized spacial score (nSPS) is 23.8. The lowest BCUT2D eigenvalue weighted by Crippen LogP contribution is -2.49. The van der Waals surface area contributed by atoms with Crippen LogP contribution >= 0.6 is 11.6 Å². The molecule has 1 aromatic rings. The van der Waals surface area contributed by atoms with Crippen LogP contribution in [0.15, 0.2) is 35.5 Å². The largest absolute Gasteiger partial charge is 0.294 e. The van der Waals surface area contributed by atoms with Gasteiger partial charge in [-0.05, 0) is 29.5 Å². The topological polar surface area (TPSA) is 40.6 Å². The van der Waals surface area contributed by atoms with Gasteiger partial charge in [-0.1, -0.05) is 37.6 Å². The lowest BCUT2D eigenvalue weighted by atomic mass is 9.69. The van der Waals surface area contributed by atoms with Gasteiger partial charge in [-0.15, -0.1) is 0 Å². The molecule has 1 amide bonds. The van der Waals surface area contributed by atoms with Crippen LogP contribution in [0.25, 0.3) is 0 Å². The molecule has 1 aliphatic heterocycles. The molecule has 0 fully saturated rings. The molecule has 2 aliphatic rings. The summed E-state index contributed by atoms with van der Waals surface area (Å²) in [6.45, 7) is 4.16. The van der Waals surface area contributed by atoms with E-state index in [1.54, 1.807) is 10.0 Å². The van der Waals surface area contributed by atoms with Crippen LogP contribution in [-0.4, -0.2) is 35.8 Å². The first-order valence-corrected chi connectivity index (χ1v) is 8.59. The molecule has 0 N–H and O–H groups in total. The van der Waals surface area contributed by atoms with Crippen molar-refractivity contribution in [3.8, 4) is 0 Å². The molecule has 24 heavy (non-hydrogen) atoms. The Hall–Kier alpha value is -1.65. The molecule has 0 spiro atoms. The minimum Gasteiger partial charge on any atom is -0.294 e. The van der Waals surface area contributed by atoms with Gasteiger partial charge in [0, 0.05) is 49.1 Å². The predicted octanol–water partition coefficient (Wildman–Crippen LogP) is 3.78. The maximum Gasteiger partial charge on any atom is 0.242 e. The number of halogens is 1. The maximum absolute atomic E-state index is 12.9. The fourth-order valence-corrected chi connectivity index (χ4v) is 4.07. The van der Waals surface area contributed by atoms with Crippen LogP contribution in [0.2, 0.25) is 5.02 Å².